The number of rotatable bonds is 8. The number of hydrogen-bond donors (Lipinski definition) is 1. The molecule has 0 amide bonds. The third-order valence-electron chi connectivity index (χ3n) is 7.48. The van der Waals surface area contributed by atoms with Crippen LogP contribution in [0.3, 0.4) is 0 Å². The van der Waals surface area contributed by atoms with Gasteiger partial charge in [0.2, 0.25) is 5.95 Å². The van der Waals surface area contributed by atoms with Crippen molar-refractivity contribution in [2.45, 2.75) is 31.4 Å². The van der Waals surface area contributed by atoms with E-state index in [1.807, 2.05) is 66.7 Å². The zero-order valence-electron chi connectivity index (χ0n) is 22.6. The second-order valence-electron chi connectivity index (χ2n) is 9.78. The van der Waals surface area contributed by atoms with Crippen molar-refractivity contribution in [1.82, 2.24) is 14.8 Å². The van der Waals surface area contributed by atoms with Crippen LogP contribution < -0.4 is 24.3 Å². The maximum Gasteiger partial charge on any atom is 0.226 e. The minimum absolute atomic E-state index is 0.0192. The van der Waals surface area contributed by atoms with E-state index in [0.717, 1.165) is 22.4 Å². The summed E-state index contributed by atoms with van der Waals surface area (Å²) in [4.78, 5) is 18.3. The molecule has 0 saturated heterocycles. The Morgan fingerprint density at radius 1 is 0.850 bits per heavy atom. The number of benzene rings is 3. The normalized spacial score (nSPS) is 17.9. The number of anilines is 1. The highest BCUT2D eigenvalue weighted by molar-refractivity contribution is 6.00. The summed E-state index contributed by atoms with van der Waals surface area (Å²) in [5, 5.41) is 7.86. The van der Waals surface area contributed by atoms with Crippen molar-refractivity contribution in [3.63, 3.8) is 0 Å². The van der Waals surface area contributed by atoms with Crippen LogP contribution in [0.1, 0.15) is 41.5 Å². The van der Waals surface area contributed by atoms with Crippen molar-refractivity contribution in [3.8, 4) is 23.0 Å². The third-order valence-corrected chi connectivity index (χ3v) is 7.48. The van der Waals surface area contributed by atoms with Crippen molar-refractivity contribution < 1.29 is 23.7 Å². The number of allylic oxidation sites excluding steroid dienone is 2. The van der Waals surface area contributed by atoms with Gasteiger partial charge < -0.3 is 24.3 Å². The molecule has 9 nitrogen and oxygen atoms in total. The van der Waals surface area contributed by atoms with Gasteiger partial charge in [0, 0.05) is 17.7 Å². The Labute approximate surface area is 232 Å². The summed E-state index contributed by atoms with van der Waals surface area (Å²) in [5.74, 6) is 3.14. The molecule has 0 radical (unpaired) electrons. The zero-order valence-corrected chi connectivity index (χ0v) is 22.6. The van der Waals surface area contributed by atoms with Crippen LogP contribution in [0.4, 0.5) is 5.95 Å². The number of aromatic nitrogens is 3. The predicted octanol–water partition coefficient (Wildman–Crippen LogP) is 5.30. The minimum atomic E-state index is -0.447. The number of methoxy groups -OCH3 is 3. The molecule has 1 aliphatic carbocycles. The number of hydrogen-bond acceptors (Lipinski definition) is 8. The number of ether oxygens (including phenoxy) is 4. The molecule has 6 rings (SSSR count). The van der Waals surface area contributed by atoms with Gasteiger partial charge >= 0.3 is 0 Å². The van der Waals surface area contributed by atoms with Crippen molar-refractivity contribution in [2.24, 2.45) is 0 Å². The monoisotopic (exact) mass is 538 g/mol. The minimum Gasteiger partial charge on any atom is -0.493 e. The third kappa shape index (κ3) is 4.64. The Morgan fingerprint density at radius 3 is 2.30 bits per heavy atom. The van der Waals surface area contributed by atoms with E-state index in [1.165, 1.54) is 6.33 Å². The first-order valence-corrected chi connectivity index (χ1v) is 13.1. The second-order valence-corrected chi connectivity index (χ2v) is 9.78. The summed E-state index contributed by atoms with van der Waals surface area (Å²) >= 11 is 0. The molecule has 0 fully saturated rings. The fourth-order valence-electron chi connectivity index (χ4n) is 5.51. The molecule has 9 heteroatoms. The number of ketones is 1. The van der Waals surface area contributed by atoms with Crippen LogP contribution >= 0.6 is 0 Å². The molecule has 3 aromatic carbocycles. The standard InChI is InChI=1S/C31H30N4O5/c1-37-25-11-9-20(15-27(25)39-3)22-13-23-29(24(36)14-22)30(35-31(34-23)32-18-33-35)21-10-12-26(38-2)28(16-21)40-17-19-7-5-4-6-8-19/h4-12,15-16,18,22,30H,13-14,17H2,1-3H3,(H,32,33,34)/t22-,30+/m0/s1. The smallest absolute Gasteiger partial charge is 0.226 e. The van der Waals surface area contributed by atoms with Crippen LogP contribution in [0.15, 0.2) is 84.3 Å². The predicted molar refractivity (Wildman–Crippen MR) is 149 cm³/mol. The molecule has 0 bridgehead atoms. The molecule has 0 saturated carbocycles. The van der Waals surface area contributed by atoms with Gasteiger partial charge in [-0.25, -0.2) is 4.68 Å². The quantitative estimate of drug-likeness (QED) is 0.323. The highest BCUT2D eigenvalue weighted by Crippen LogP contribution is 2.46. The van der Waals surface area contributed by atoms with E-state index in [1.54, 1.807) is 26.0 Å². The number of nitrogens with zero attached hydrogens (tertiary/aromatic N) is 3. The van der Waals surface area contributed by atoms with E-state index in [-0.39, 0.29) is 11.7 Å². The van der Waals surface area contributed by atoms with Gasteiger partial charge in [0.15, 0.2) is 28.8 Å². The van der Waals surface area contributed by atoms with E-state index in [2.05, 4.69) is 15.4 Å². The summed E-state index contributed by atoms with van der Waals surface area (Å²) < 4.78 is 24.4. The number of Topliss-reactive ketones (excluding diaryl/α,β-unsaturated/α-hetero) is 1. The molecular weight excluding hydrogens is 508 g/mol. The van der Waals surface area contributed by atoms with Gasteiger partial charge in [-0.3, -0.25) is 4.79 Å². The Bertz CT molecular complexity index is 1580. The Balaban J connectivity index is 1.36. The van der Waals surface area contributed by atoms with Crippen molar-refractivity contribution in [1.29, 1.82) is 0 Å². The maximum absolute atomic E-state index is 13.9. The van der Waals surface area contributed by atoms with Crippen LogP contribution in [0.25, 0.3) is 0 Å². The van der Waals surface area contributed by atoms with Gasteiger partial charge in [-0.05, 0) is 53.3 Å². The molecule has 0 spiro atoms. The Morgan fingerprint density at radius 2 is 1.55 bits per heavy atom. The van der Waals surface area contributed by atoms with Gasteiger partial charge in [-0.1, -0.05) is 42.5 Å². The van der Waals surface area contributed by atoms with Gasteiger partial charge in [0.25, 0.3) is 0 Å². The van der Waals surface area contributed by atoms with Gasteiger partial charge in [0.05, 0.1) is 21.3 Å². The molecule has 2 aliphatic rings. The molecule has 1 aromatic heterocycles. The summed E-state index contributed by atoms with van der Waals surface area (Å²) in [6.45, 7) is 0.390. The molecule has 2 atom stereocenters. The lowest BCUT2D eigenvalue weighted by Crippen LogP contribution is -2.33. The molecule has 1 N–H and O–H groups in total. The average molecular weight is 539 g/mol. The Hall–Kier alpha value is -4.79. The first kappa shape index (κ1) is 25.5. The fourth-order valence-corrected chi connectivity index (χ4v) is 5.51. The zero-order chi connectivity index (χ0) is 27.6. The summed E-state index contributed by atoms with van der Waals surface area (Å²) in [6, 6.07) is 21.1. The van der Waals surface area contributed by atoms with E-state index >= 15 is 0 Å². The summed E-state index contributed by atoms with van der Waals surface area (Å²) in [6.07, 6.45) is 2.51. The van der Waals surface area contributed by atoms with Crippen LogP contribution in [0.5, 0.6) is 23.0 Å². The Kier molecular flexibility index (Phi) is 6.86. The fraction of sp³-hybridized carbons (Fsp3) is 0.258. The van der Waals surface area contributed by atoms with E-state index in [9.17, 15) is 4.79 Å². The molecule has 204 valence electrons. The van der Waals surface area contributed by atoms with Gasteiger partial charge in [-0.2, -0.15) is 10.1 Å². The highest BCUT2D eigenvalue weighted by Gasteiger charge is 2.39. The van der Waals surface area contributed by atoms with Gasteiger partial charge in [-0.15, -0.1) is 0 Å². The van der Waals surface area contributed by atoms with E-state index in [4.69, 9.17) is 18.9 Å². The average Bonchev–Trinajstić information content (AvgIpc) is 3.47. The van der Waals surface area contributed by atoms with Crippen molar-refractivity contribution >= 4 is 11.7 Å². The first-order valence-electron chi connectivity index (χ1n) is 13.1. The van der Waals surface area contributed by atoms with Crippen molar-refractivity contribution in [2.75, 3.05) is 26.6 Å². The lowest BCUT2D eigenvalue weighted by atomic mass is 9.78. The van der Waals surface area contributed by atoms with E-state index < -0.39 is 6.04 Å². The van der Waals surface area contributed by atoms with Crippen LogP contribution in [0, 0.1) is 0 Å². The second kappa shape index (κ2) is 10.8. The maximum atomic E-state index is 13.9. The van der Waals surface area contributed by atoms with Crippen LogP contribution in [-0.4, -0.2) is 41.9 Å². The van der Waals surface area contributed by atoms with Crippen molar-refractivity contribution in [3.05, 3.63) is 101 Å². The number of carbonyl (C=O) groups excluding carboxylic acids is 1. The summed E-state index contributed by atoms with van der Waals surface area (Å²) in [5.41, 5.74) is 4.47. The lowest BCUT2D eigenvalue weighted by molar-refractivity contribution is -0.116. The summed E-state index contributed by atoms with van der Waals surface area (Å²) in [7, 11) is 4.84. The topological polar surface area (TPSA) is 96.7 Å². The first-order chi connectivity index (χ1) is 19.6. The number of fused-ring (bicyclic) bond motifs is 1. The van der Waals surface area contributed by atoms with E-state index in [0.29, 0.717) is 54.0 Å². The molecule has 1 aliphatic heterocycles. The number of carbonyl (C=O) groups is 1. The largest absolute Gasteiger partial charge is 0.493 e. The molecule has 0 unspecified atom stereocenters. The van der Waals surface area contributed by atoms with Crippen LogP contribution in [-0.2, 0) is 11.4 Å². The number of nitrogens with one attached hydrogen (secondary N) is 1. The lowest BCUT2D eigenvalue weighted by Gasteiger charge is -2.35. The van der Waals surface area contributed by atoms with Gasteiger partial charge in [0.1, 0.15) is 19.0 Å². The SMILES string of the molecule is COc1ccc([C@@H]2CC(=O)C3=C(C2)Nc2ncnn2[C@@H]3c2ccc(OC)c(OCc3ccccc3)c2)cc1OC. The van der Waals surface area contributed by atoms with Crippen LogP contribution in [0.2, 0.25) is 0 Å². The molecule has 4 aromatic rings. The molecule has 2 heterocycles. The highest BCUT2D eigenvalue weighted by atomic mass is 16.5. The molecule has 40 heavy (non-hydrogen) atoms. The molecular formula is C31H30N4O5.